The van der Waals surface area contributed by atoms with E-state index in [4.69, 9.17) is 0 Å². The molecule has 2 heteroatoms. The highest BCUT2D eigenvalue weighted by atomic mass is 19.0. The second-order valence-corrected chi connectivity index (χ2v) is 6.47. The van der Waals surface area contributed by atoms with E-state index in [1.165, 1.54) is 103 Å². The Kier molecular flexibility index (Phi) is 18.8. The molecule has 1 fully saturated rings. The van der Waals surface area contributed by atoms with Gasteiger partial charge in [0.15, 0.2) is 0 Å². The van der Waals surface area contributed by atoms with Crippen LogP contribution in [0.25, 0.3) is 0 Å². The SMILES string of the molecule is CCCCCCCCCC1CCCCCCCC1.F.N. The molecule has 0 heterocycles. The summed E-state index contributed by atoms with van der Waals surface area (Å²) in [6.07, 6.45) is 23.9. The Morgan fingerprint density at radius 3 is 1.65 bits per heavy atom. The van der Waals surface area contributed by atoms with Crippen LogP contribution in [0.15, 0.2) is 0 Å². The lowest BCUT2D eigenvalue weighted by Crippen LogP contribution is -2.00. The van der Waals surface area contributed by atoms with Gasteiger partial charge < -0.3 is 6.15 Å². The lowest BCUT2D eigenvalue weighted by Gasteiger charge is -2.15. The maximum atomic E-state index is 2.30. The van der Waals surface area contributed by atoms with Gasteiger partial charge in [-0.1, -0.05) is 110 Å². The van der Waals surface area contributed by atoms with E-state index >= 15 is 0 Å². The van der Waals surface area contributed by atoms with E-state index in [-0.39, 0.29) is 10.9 Å². The molecule has 0 radical (unpaired) electrons. The van der Waals surface area contributed by atoms with Crippen LogP contribution in [-0.2, 0) is 0 Å². The van der Waals surface area contributed by atoms with Crippen LogP contribution in [0.3, 0.4) is 0 Å². The van der Waals surface area contributed by atoms with Crippen molar-refractivity contribution in [2.45, 2.75) is 110 Å². The van der Waals surface area contributed by atoms with Crippen LogP contribution in [-0.4, -0.2) is 0 Å². The molecule has 0 aromatic rings. The monoisotopic (exact) mass is 289 g/mol. The summed E-state index contributed by atoms with van der Waals surface area (Å²) in [5.74, 6) is 1.08. The molecule has 20 heavy (non-hydrogen) atoms. The van der Waals surface area contributed by atoms with Crippen LogP contribution in [0.1, 0.15) is 110 Å². The van der Waals surface area contributed by atoms with E-state index in [0.29, 0.717) is 0 Å². The van der Waals surface area contributed by atoms with Gasteiger partial charge in [-0.3, -0.25) is 4.70 Å². The molecule has 124 valence electrons. The fourth-order valence-corrected chi connectivity index (χ4v) is 3.40. The van der Waals surface area contributed by atoms with Gasteiger partial charge in [0.1, 0.15) is 0 Å². The van der Waals surface area contributed by atoms with Crippen molar-refractivity contribution in [1.82, 2.24) is 6.15 Å². The van der Waals surface area contributed by atoms with Gasteiger partial charge in [-0.25, -0.2) is 0 Å². The quantitative estimate of drug-likeness (QED) is 0.471. The maximum Gasteiger partial charge on any atom is -0.0414 e. The maximum absolute atomic E-state index is 2.30. The molecule has 0 bridgehead atoms. The average molecular weight is 290 g/mol. The number of hydrogen-bond donors (Lipinski definition) is 1. The van der Waals surface area contributed by atoms with Crippen molar-refractivity contribution in [2.75, 3.05) is 0 Å². The summed E-state index contributed by atoms with van der Waals surface area (Å²) in [6.45, 7) is 2.30. The van der Waals surface area contributed by atoms with Crippen molar-refractivity contribution >= 4 is 0 Å². The summed E-state index contributed by atoms with van der Waals surface area (Å²) in [7, 11) is 0. The fourth-order valence-electron chi connectivity index (χ4n) is 3.40. The summed E-state index contributed by atoms with van der Waals surface area (Å²) >= 11 is 0. The Hall–Kier alpha value is -0.110. The van der Waals surface area contributed by atoms with Crippen molar-refractivity contribution in [2.24, 2.45) is 5.92 Å². The van der Waals surface area contributed by atoms with Crippen molar-refractivity contribution in [3.05, 3.63) is 0 Å². The minimum absolute atomic E-state index is 0. The van der Waals surface area contributed by atoms with Gasteiger partial charge in [-0.05, 0) is 5.92 Å². The van der Waals surface area contributed by atoms with E-state index in [1.54, 1.807) is 0 Å². The highest BCUT2D eigenvalue weighted by Gasteiger charge is 2.10. The van der Waals surface area contributed by atoms with Crippen molar-refractivity contribution < 1.29 is 4.70 Å². The molecular formula is C18H40FN. The van der Waals surface area contributed by atoms with E-state index in [0.717, 1.165) is 5.92 Å². The molecule has 1 saturated carbocycles. The van der Waals surface area contributed by atoms with Crippen LogP contribution < -0.4 is 6.15 Å². The Morgan fingerprint density at radius 2 is 1.10 bits per heavy atom. The standard InChI is InChI=1S/C18H36.FH.H3N/c1-2-3-4-5-6-9-12-15-18-16-13-10-7-8-11-14-17-18;;/h18H,2-17H2,1H3;1H;1H3. The number of halogens is 1. The van der Waals surface area contributed by atoms with Crippen LogP contribution in [0.5, 0.6) is 0 Å². The van der Waals surface area contributed by atoms with Gasteiger partial charge in [0, 0.05) is 0 Å². The van der Waals surface area contributed by atoms with Crippen LogP contribution in [0.4, 0.5) is 4.70 Å². The summed E-state index contributed by atoms with van der Waals surface area (Å²) in [5.41, 5.74) is 0. The predicted molar refractivity (Wildman–Crippen MR) is 90.6 cm³/mol. The van der Waals surface area contributed by atoms with Gasteiger partial charge in [0.25, 0.3) is 0 Å². The zero-order valence-corrected chi connectivity index (χ0v) is 14.0. The lowest BCUT2D eigenvalue weighted by atomic mass is 9.91. The molecule has 1 aliphatic carbocycles. The molecule has 1 aliphatic rings. The smallest absolute Gasteiger partial charge is 0.0414 e. The average Bonchev–Trinajstić information content (AvgIpc) is 2.51. The Balaban J connectivity index is 0. The molecule has 0 spiro atoms. The molecule has 0 unspecified atom stereocenters. The van der Waals surface area contributed by atoms with E-state index < -0.39 is 0 Å². The molecule has 0 amide bonds. The van der Waals surface area contributed by atoms with Crippen molar-refractivity contribution in [1.29, 1.82) is 0 Å². The van der Waals surface area contributed by atoms with E-state index in [1.807, 2.05) is 0 Å². The third-order valence-corrected chi connectivity index (χ3v) is 4.69. The second kappa shape index (κ2) is 16.9. The van der Waals surface area contributed by atoms with Gasteiger partial charge in [0.05, 0.1) is 0 Å². The van der Waals surface area contributed by atoms with E-state index in [9.17, 15) is 0 Å². The molecule has 0 aliphatic heterocycles. The first kappa shape index (κ1) is 22.2. The topological polar surface area (TPSA) is 35.0 Å². The van der Waals surface area contributed by atoms with Gasteiger partial charge >= 0.3 is 0 Å². The first-order valence-electron chi connectivity index (χ1n) is 8.93. The molecule has 0 aromatic heterocycles. The number of rotatable bonds is 8. The minimum atomic E-state index is 0. The van der Waals surface area contributed by atoms with Crippen LogP contribution in [0.2, 0.25) is 0 Å². The van der Waals surface area contributed by atoms with E-state index in [2.05, 4.69) is 6.92 Å². The summed E-state index contributed by atoms with van der Waals surface area (Å²) in [6, 6.07) is 0. The first-order chi connectivity index (χ1) is 8.93. The normalized spacial score (nSPS) is 17.2. The molecule has 1 rings (SSSR count). The van der Waals surface area contributed by atoms with Crippen LogP contribution in [0, 0.1) is 5.92 Å². The molecule has 0 saturated heterocycles. The molecule has 0 aromatic carbocycles. The highest BCUT2D eigenvalue weighted by Crippen LogP contribution is 2.26. The highest BCUT2D eigenvalue weighted by molar-refractivity contribution is 4.63. The number of unbranched alkanes of at least 4 members (excludes halogenated alkanes) is 6. The zero-order valence-electron chi connectivity index (χ0n) is 14.0. The number of hydrogen-bond acceptors (Lipinski definition) is 1. The predicted octanol–water partition coefficient (Wildman–Crippen LogP) is 7.19. The zero-order chi connectivity index (χ0) is 12.9. The van der Waals surface area contributed by atoms with Crippen molar-refractivity contribution in [3.8, 4) is 0 Å². The summed E-state index contributed by atoms with van der Waals surface area (Å²) < 4.78 is 0. The molecular weight excluding hydrogens is 249 g/mol. The Labute approximate surface area is 127 Å². The van der Waals surface area contributed by atoms with Gasteiger partial charge in [-0.2, -0.15) is 0 Å². The van der Waals surface area contributed by atoms with Crippen LogP contribution >= 0.6 is 0 Å². The Bertz CT molecular complexity index is 163. The van der Waals surface area contributed by atoms with Gasteiger partial charge in [0.2, 0.25) is 0 Å². The minimum Gasteiger partial charge on any atom is -0.344 e. The summed E-state index contributed by atoms with van der Waals surface area (Å²) in [4.78, 5) is 0. The third kappa shape index (κ3) is 12.9. The first-order valence-corrected chi connectivity index (χ1v) is 8.93. The Morgan fingerprint density at radius 1 is 0.650 bits per heavy atom. The molecule has 0 atom stereocenters. The van der Waals surface area contributed by atoms with Crippen molar-refractivity contribution in [3.63, 3.8) is 0 Å². The molecule has 3 N–H and O–H groups in total. The third-order valence-electron chi connectivity index (χ3n) is 4.69. The fraction of sp³-hybridized carbons (Fsp3) is 1.00. The second-order valence-electron chi connectivity index (χ2n) is 6.47. The van der Waals surface area contributed by atoms with Gasteiger partial charge in [-0.15, -0.1) is 0 Å². The molecule has 1 nitrogen and oxygen atoms in total. The summed E-state index contributed by atoms with van der Waals surface area (Å²) in [5, 5.41) is 0. The largest absolute Gasteiger partial charge is 0.344 e. The lowest BCUT2D eigenvalue weighted by molar-refractivity contribution is 0.382.